The molecule has 0 amide bonds. The molecule has 1 atom stereocenters. The Hall–Kier alpha value is -0.0800. The van der Waals surface area contributed by atoms with Gasteiger partial charge in [0.25, 0.3) is 0 Å². The van der Waals surface area contributed by atoms with E-state index in [0.717, 1.165) is 12.5 Å². The van der Waals surface area contributed by atoms with Crippen molar-refractivity contribution in [2.24, 2.45) is 17.1 Å². The van der Waals surface area contributed by atoms with E-state index in [2.05, 4.69) is 11.9 Å². The molecule has 0 aromatic rings. The Kier molecular flexibility index (Phi) is 2.61. The zero-order valence-electron chi connectivity index (χ0n) is 8.76. The molecule has 2 nitrogen and oxygen atoms in total. The van der Waals surface area contributed by atoms with Gasteiger partial charge in [0.2, 0.25) is 0 Å². The van der Waals surface area contributed by atoms with Gasteiger partial charge in [0.1, 0.15) is 0 Å². The fourth-order valence-corrected chi connectivity index (χ4v) is 2.97. The molecule has 1 aliphatic heterocycles. The summed E-state index contributed by atoms with van der Waals surface area (Å²) in [4.78, 5) is 2.45. The lowest BCUT2D eigenvalue weighted by Crippen LogP contribution is -2.39. The lowest BCUT2D eigenvalue weighted by molar-refractivity contribution is 0.105. The first-order valence-electron chi connectivity index (χ1n) is 5.63. The number of likely N-dealkylation sites (tertiary alicyclic amines) is 1. The second kappa shape index (κ2) is 3.58. The van der Waals surface area contributed by atoms with Gasteiger partial charge in [-0.1, -0.05) is 6.42 Å². The van der Waals surface area contributed by atoms with Crippen molar-refractivity contribution in [3.05, 3.63) is 0 Å². The van der Waals surface area contributed by atoms with Crippen LogP contribution in [0.3, 0.4) is 0 Å². The van der Waals surface area contributed by atoms with Gasteiger partial charge in [-0.05, 0) is 57.2 Å². The maximum absolute atomic E-state index is 5.87. The summed E-state index contributed by atoms with van der Waals surface area (Å²) in [5.41, 5.74) is 6.43. The van der Waals surface area contributed by atoms with Crippen molar-refractivity contribution in [1.29, 1.82) is 0 Å². The highest BCUT2D eigenvalue weighted by Gasteiger charge is 2.38. The topological polar surface area (TPSA) is 29.3 Å². The summed E-state index contributed by atoms with van der Waals surface area (Å²) in [6.45, 7) is 3.53. The molecule has 1 saturated heterocycles. The highest BCUT2D eigenvalue weighted by Crippen LogP contribution is 2.46. The molecule has 0 bridgehead atoms. The molecule has 2 fully saturated rings. The SMILES string of the molecule is CN1CCC(CC2(CN)CCC2)C1. The first-order valence-corrected chi connectivity index (χ1v) is 5.63. The Bertz CT molecular complexity index is 169. The Morgan fingerprint density at radius 3 is 2.62 bits per heavy atom. The predicted molar refractivity (Wildman–Crippen MR) is 55.6 cm³/mol. The van der Waals surface area contributed by atoms with Gasteiger partial charge < -0.3 is 10.6 Å². The number of nitrogens with two attached hydrogens (primary N) is 1. The van der Waals surface area contributed by atoms with Crippen LogP contribution in [0.4, 0.5) is 0 Å². The first-order chi connectivity index (χ1) is 6.24. The molecule has 2 N–H and O–H groups in total. The van der Waals surface area contributed by atoms with Crippen molar-refractivity contribution in [3.8, 4) is 0 Å². The zero-order chi connectivity index (χ0) is 9.31. The van der Waals surface area contributed by atoms with Gasteiger partial charge in [-0.3, -0.25) is 0 Å². The van der Waals surface area contributed by atoms with E-state index in [1.54, 1.807) is 0 Å². The summed E-state index contributed by atoms with van der Waals surface area (Å²) < 4.78 is 0. The van der Waals surface area contributed by atoms with E-state index in [0.29, 0.717) is 5.41 Å². The van der Waals surface area contributed by atoms with Gasteiger partial charge in [-0.2, -0.15) is 0 Å². The van der Waals surface area contributed by atoms with E-state index in [9.17, 15) is 0 Å². The molecule has 0 aromatic heterocycles. The molecule has 76 valence electrons. The van der Waals surface area contributed by atoms with Crippen LogP contribution in [0.2, 0.25) is 0 Å². The number of hydrogen-bond acceptors (Lipinski definition) is 2. The van der Waals surface area contributed by atoms with Crippen LogP contribution < -0.4 is 5.73 Å². The number of rotatable bonds is 3. The van der Waals surface area contributed by atoms with Crippen molar-refractivity contribution in [1.82, 2.24) is 4.90 Å². The first kappa shape index (κ1) is 9.47. The van der Waals surface area contributed by atoms with Gasteiger partial charge in [-0.25, -0.2) is 0 Å². The van der Waals surface area contributed by atoms with E-state index in [1.165, 1.54) is 45.2 Å². The van der Waals surface area contributed by atoms with E-state index in [1.807, 2.05) is 0 Å². The van der Waals surface area contributed by atoms with Gasteiger partial charge in [0, 0.05) is 6.54 Å². The van der Waals surface area contributed by atoms with Crippen LogP contribution in [-0.2, 0) is 0 Å². The van der Waals surface area contributed by atoms with Gasteiger partial charge >= 0.3 is 0 Å². The Morgan fingerprint density at radius 1 is 1.46 bits per heavy atom. The van der Waals surface area contributed by atoms with Crippen LogP contribution >= 0.6 is 0 Å². The van der Waals surface area contributed by atoms with Crippen LogP contribution in [-0.4, -0.2) is 31.6 Å². The van der Waals surface area contributed by atoms with Crippen molar-refractivity contribution < 1.29 is 0 Å². The molecule has 2 heteroatoms. The maximum atomic E-state index is 5.87. The monoisotopic (exact) mass is 182 g/mol. The van der Waals surface area contributed by atoms with Crippen LogP contribution in [0.5, 0.6) is 0 Å². The molecule has 2 aliphatic rings. The van der Waals surface area contributed by atoms with E-state index in [-0.39, 0.29) is 0 Å². The van der Waals surface area contributed by atoms with Gasteiger partial charge in [0.05, 0.1) is 0 Å². The summed E-state index contributed by atoms with van der Waals surface area (Å²) in [7, 11) is 2.23. The fraction of sp³-hybridized carbons (Fsp3) is 1.00. The highest BCUT2D eigenvalue weighted by molar-refractivity contribution is 4.92. The van der Waals surface area contributed by atoms with Crippen LogP contribution in [0.15, 0.2) is 0 Å². The van der Waals surface area contributed by atoms with Crippen molar-refractivity contribution >= 4 is 0 Å². The molecule has 1 saturated carbocycles. The Morgan fingerprint density at radius 2 is 2.23 bits per heavy atom. The van der Waals surface area contributed by atoms with Crippen LogP contribution in [0.1, 0.15) is 32.1 Å². The third-order valence-corrected chi connectivity index (χ3v) is 4.06. The van der Waals surface area contributed by atoms with E-state index < -0.39 is 0 Å². The molecule has 1 heterocycles. The summed E-state index contributed by atoms with van der Waals surface area (Å²) >= 11 is 0. The lowest BCUT2D eigenvalue weighted by atomic mass is 9.64. The minimum atomic E-state index is 0.565. The molecule has 0 spiro atoms. The normalized spacial score (nSPS) is 33.2. The maximum Gasteiger partial charge on any atom is 0.000730 e. The second-order valence-electron chi connectivity index (χ2n) is 5.18. The van der Waals surface area contributed by atoms with Crippen LogP contribution in [0.25, 0.3) is 0 Å². The minimum Gasteiger partial charge on any atom is -0.330 e. The molecule has 0 aromatic carbocycles. The summed E-state index contributed by atoms with van der Waals surface area (Å²) in [5.74, 6) is 0.939. The second-order valence-corrected chi connectivity index (χ2v) is 5.18. The highest BCUT2D eigenvalue weighted by atomic mass is 15.1. The summed E-state index contributed by atoms with van der Waals surface area (Å²) in [6, 6.07) is 0. The quantitative estimate of drug-likeness (QED) is 0.716. The molecule has 2 rings (SSSR count). The van der Waals surface area contributed by atoms with E-state index >= 15 is 0 Å². The predicted octanol–water partition coefficient (Wildman–Crippen LogP) is 1.46. The van der Waals surface area contributed by atoms with Gasteiger partial charge in [0.15, 0.2) is 0 Å². The zero-order valence-corrected chi connectivity index (χ0v) is 8.76. The van der Waals surface area contributed by atoms with E-state index in [4.69, 9.17) is 5.73 Å². The minimum absolute atomic E-state index is 0.565. The summed E-state index contributed by atoms with van der Waals surface area (Å²) in [5, 5.41) is 0. The average Bonchev–Trinajstić information content (AvgIpc) is 2.44. The third-order valence-electron chi connectivity index (χ3n) is 4.06. The van der Waals surface area contributed by atoms with Crippen molar-refractivity contribution in [2.45, 2.75) is 32.1 Å². The standard InChI is InChI=1S/C11H22N2/c1-13-6-3-10(8-13)7-11(9-12)4-2-5-11/h10H,2-9,12H2,1H3. The van der Waals surface area contributed by atoms with Gasteiger partial charge in [-0.15, -0.1) is 0 Å². The Labute approximate surface area is 81.5 Å². The van der Waals surface area contributed by atoms with Crippen molar-refractivity contribution in [2.75, 3.05) is 26.7 Å². The Balaban J connectivity index is 1.83. The van der Waals surface area contributed by atoms with Crippen molar-refractivity contribution in [3.63, 3.8) is 0 Å². The average molecular weight is 182 g/mol. The number of nitrogens with zero attached hydrogens (tertiary/aromatic N) is 1. The molecule has 0 radical (unpaired) electrons. The molecule has 13 heavy (non-hydrogen) atoms. The van der Waals surface area contributed by atoms with Crippen LogP contribution in [0, 0.1) is 11.3 Å². The molecule has 1 aliphatic carbocycles. The lowest BCUT2D eigenvalue weighted by Gasteiger charge is -2.42. The largest absolute Gasteiger partial charge is 0.330 e. The molecule has 1 unspecified atom stereocenters. The number of hydrogen-bond donors (Lipinski definition) is 1. The fourth-order valence-electron chi connectivity index (χ4n) is 2.97. The molecular weight excluding hydrogens is 160 g/mol. The summed E-state index contributed by atoms with van der Waals surface area (Å²) in [6.07, 6.45) is 7.00. The smallest absolute Gasteiger partial charge is 0.000730 e. The third kappa shape index (κ3) is 1.89. The molecular formula is C11H22N2.